The van der Waals surface area contributed by atoms with Crippen LogP contribution < -0.4 is 24.8 Å². The van der Waals surface area contributed by atoms with Gasteiger partial charge < -0.3 is 30.5 Å². The van der Waals surface area contributed by atoms with Gasteiger partial charge >= 0.3 is 26.2 Å². The molecule has 0 saturated heterocycles. The molecule has 99 valence electrons. The summed E-state index contributed by atoms with van der Waals surface area (Å²) in [6, 6.07) is 0.134. The topological polar surface area (TPSA) is 23.8 Å². The normalized spacial score (nSPS) is 12.0. The molecule has 1 rings (SSSR count). The number of allylic oxidation sites excluding steroid dienone is 4. The molecule has 0 spiro atoms. The van der Waals surface area contributed by atoms with E-state index in [-0.39, 0.29) is 57.1 Å². The fraction of sp³-hybridized carbons (Fsp3) is 0.667. The van der Waals surface area contributed by atoms with Gasteiger partial charge in [-0.25, -0.2) is 11.6 Å². The van der Waals surface area contributed by atoms with Crippen LogP contribution in [0.2, 0.25) is 13.1 Å². The molecule has 0 aromatic carbocycles. The van der Waals surface area contributed by atoms with Crippen molar-refractivity contribution in [2.45, 2.75) is 52.7 Å². The van der Waals surface area contributed by atoms with Crippen LogP contribution in [-0.4, -0.2) is 15.6 Å². The quantitative estimate of drug-likeness (QED) is 0.378. The molecule has 1 aliphatic carbocycles. The summed E-state index contributed by atoms with van der Waals surface area (Å²) in [6.45, 7) is 10.4. The minimum atomic E-state index is 0. The Labute approximate surface area is 142 Å². The van der Waals surface area contributed by atoms with Crippen molar-refractivity contribution in [2.75, 3.05) is 0 Å². The minimum absolute atomic E-state index is 0. The van der Waals surface area contributed by atoms with Crippen LogP contribution in [0.3, 0.4) is 0 Å². The first-order chi connectivity index (χ1) is 6.58. The van der Waals surface area contributed by atoms with Crippen molar-refractivity contribution < 1.29 is 51.0 Å². The monoisotopic (exact) mass is 370 g/mol. The molecule has 1 unspecified atom stereocenters. The molecule has 1 atom stereocenters. The Morgan fingerprint density at radius 2 is 1.76 bits per heavy atom. The van der Waals surface area contributed by atoms with Crippen LogP contribution in [0.4, 0.5) is 0 Å². The van der Waals surface area contributed by atoms with Crippen molar-refractivity contribution >= 4 is 9.52 Å². The van der Waals surface area contributed by atoms with Gasteiger partial charge in [-0.1, -0.05) is 33.4 Å². The van der Waals surface area contributed by atoms with Crippen LogP contribution >= 0.6 is 0 Å². The van der Waals surface area contributed by atoms with E-state index in [1.807, 2.05) is 19.9 Å². The van der Waals surface area contributed by atoms with E-state index >= 15 is 0 Å². The number of halogens is 2. The molecule has 17 heavy (non-hydrogen) atoms. The van der Waals surface area contributed by atoms with E-state index in [0.717, 1.165) is 22.4 Å². The zero-order chi connectivity index (χ0) is 11.4. The van der Waals surface area contributed by atoms with Crippen molar-refractivity contribution in [1.82, 2.24) is 0 Å². The van der Waals surface area contributed by atoms with E-state index in [4.69, 9.17) is 5.73 Å². The fourth-order valence-corrected chi connectivity index (χ4v) is 0.499. The first-order valence-electron chi connectivity index (χ1n) is 5.26. The fourth-order valence-electron chi connectivity index (χ4n) is 0.499. The minimum Gasteiger partial charge on any atom is -1.00 e. The smallest absolute Gasteiger partial charge is 1.00 e. The zero-order valence-corrected chi connectivity index (χ0v) is 16.6. The summed E-state index contributed by atoms with van der Waals surface area (Å²) in [6.07, 6.45) is 9.21. The summed E-state index contributed by atoms with van der Waals surface area (Å²) in [7, 11) is 0.750. The second kappa shape index (κ2) is 25.8. The Hall–Kier alpha value is 1.12. The van der Waals surface area contributed by atoms with E-state index < -0.39 is 0 Å². The van der Waals surface area contributed by atoms with Gasteiger partial charge in [-0.05, 0) is 0 Å². The Balaban J connectivity index is -0.0000000409. The first kappa shape index (κ1) is 30.9. The molecule has 5 heteroatoms. The molecule has 0 aromatic heterocycles. The number of nitrogens with one attached hydrogen (secondary N) is 1. The maximum Gasteiger partial charge on any atom is 4.00 e. The maximum absolute atomic E-state index is 6.83. The molecule has 0 saturated carbocycles. The summed E-state index contributed by atoms with van der Waals surface area (Å²) >= 11 is 0. The predicted molar refractivity (Wildman–Crippen MR) is 69.1 cm³/mol. The van der Waals surface area contributed by atoms with Gasteiger partial charge in [-0.3, -0.25) is 6.08 Å². The van der Waals surface area contributed by atoms with Crippen molar-refractivity contribution in [3.63, 3.8) is 0 Å². The average Bonchev–Trinajstić information content (AvgIpc) is 2.58. The summed E-state index contributed by atoms with van der Waals surface area (Å²) in [5.74, 6) is 0. The van der Waals surface area contributed by atoms with E-state index in [1.165, 1.54) is 5.57 Å². The van der Waals surface area contributed by atoms with Gasteiger partial charge in [-0.2, -0.15) is 6.08 Å². The number of rotatable bonds is 1. The van der Waals surface area contributed by atoms with Gasteiger partial charge in [0.2, 0.25) is 0 Å². The van der Waals surface area contributed by atoms with Crippen LogP contribution in [0.25, 0.3) is 5.73 Å². The molecule has 0 aliphatic heterocycles. The molecule has 0 heterocycles. The standard InChI is InChI=1S/C6H7.C4H10N.C2H7Si.2ClH.Zr/c1-6-4-2-3-5-6;1-3-4(2)5;1-3-2;;;/h4-5H,2H2,1H3;4-5H,3H2,1-2H3;3H,1-2H3;2*1H;/q2*-1;;;;+4/p-2. The van der Waals surface area contributed by atoms with Crippen molar-refractivity contribution in [2.24, 2.45) is 0 Å². The van der Waals surface area contributed by atoms with Crippen molar-refractivity contribution in [3.05, 3.63) is 29.5 Å². The van der Waals surface area contributed by atoms with Gasteiger partial charge in [0.1, 0.15) is 0 Å². The molecule has 0 fully saturated rings. The summed E-state index contributed by atoms with van der Waals surface area (Å²) < 4.78 is 0. The molecule has 0 aromatic rings. The van der Waals surface area contributed by atoms with Gasteiger partial charge in [0.25, 0.3) is 0 Å². The molecule has 1 nitrogen and oxygen atoms in total. The molecule has 0 bridgehead atoms. The third kappa shape index (κ3) is 38.2. The van der Waals surface area contributed by atoms with E-state index in [9.17, 15) is 0 Å². The van der Waals surface area contributed by atoms with Crippen LogP contribution in [0.5, 0.6) is 0 Å². The predicted octanol–water partition coefficient (Wildman–Crippen LogP) is -1.94. The Morgan fingerprint density at radius 3 is 1.82 bits per heavy atom. The maximum atomic E-state index is 6.83. The van der Waals surface area contributed by atoms with E-state index in [0.29, 0.717) is 0 Å². The van der Waals surface area contributed by atoms with Gasteiger partial charge in [-0.15, -0.1) is 19.4 Å². The van der Waals surface area contributed by atoms with Gasteiger partial charge in [0, 0.05) is 9.52 Å². The molecule has 1 aliphatic rings. The summed E-state index contributed by atoms with van der Waals surface area (Å²) in [5.41, 5.74) is 8.17. The van der Waals surface area contributed by atoms with Gasteiger partial charge in [0.05, 0.1) is 0 Å². The Bertz CT molecular complexity index is 171. The molecular weight excluding hydrogens is 348 g/mol. The third-order valence-electron chi connectivity index (χ3n) is 1.48. The Morgan fingerprint density at radius 1 is 1.41 bits per heavy atom. The second-order valence-corrected chi connectivity index (χ2v) is 4.54. The summed E-state index contributed by atoms with van der Waals surface area (Å²) in [4.78, 5) is 0. The first-order valence-corrected chi connectivity index (χ1v) is 7.57. The van der Waals surface area contributed by atoms with E-state index in [2.05, 4.69) is 32.2 Å². The van der Waals surface area contributed by atoms with Crippen LogP contribution in [0, 0.1) is 6.08 Å². The van der Waals surface area contributed by atoms with E-state index in [1.54, 1.807) is 0 Å². The van der Waals surface area contributed by atoms with Crippen LogP contribution in [0.1, 0.15) is 33.6 Å². The van der Waals surface area contributed by atoms with Crippen molar-refractivity contribution in [1.29, 1.82) is 0 Å². The average molecular weight is 373 g/mol. The number of hydrogen-bond acceptors (Lipinski definition) is 0. The molecule has 1 N–H and O–H groups in total. The number of hydrogen-bond donors (Lipinski definition) is 0. The molecular formula is C12H24Cl2NSiZr. The van der Waals surface area contributed by atoms with Gasteiger partial charge in [0.15, 0.2) is 0 Å². The second-order valence-electron chi connectivity index (χ2n) is 3.39. The van der Waals surface area contributed by atoms with Crippen LogP contribution in [0.15, 0.2) is 17.7 Å². The summed E-state index contributed by atoms with van der Waals surface area (Å²) in [5, 5.41) is 0. The zero-order valence-electron chi connectivity index (χ0n) is 11.5. The molecule has 1 radical (unpaired) electrons. The Kier molecular flexibility index (Phi) is 46.9. The SMILES string of the molecule is CC1=CC[C-]=C1.CCC(C)[NH-].C[SiH]C.[Cl-].[Cl-].[Zr+4]. The van der Waals surface area contributed by atoms with Crippen molar-refractivity contribution in [3.8, 4) is 0 Å². The third-order valence-corrected chi connectivity index (χ3v) is 1.48. The largest absolute Gasteiger partial charge is 4.00 e. The van der Waals surface area contributed by atoms with Crippen LogP contribution in [-0.2, 0) is 26.2 Å². The molecule has 0 amide bonds.